The summed E-state index contributed by atoms with van der Waals surface area (Å²) in [7, 11) is 0. The van der Waals surface area contributed by atoms with E-state index in [2.05, 4.69) is 0 Å². The molecule has 76 valence electrons. The summed E-state index contributed by atoms with van der Waals surface area (Å²) in [6, 6.07) is 3.75. The van der Waals surface area contributed by atoms with Crippen molar-refractivity contribution in [2.45, 2.75) is 27.7 Å². The molecule has 0 atom stereocenters. The van der Waals surface area contributed by atoms with E-state index in [-0.39, 0.29) is 11.7 Å². The summed E-state index contributed by atoms with van der Waals surface area (Å²) in [6.45, 7) is 7.66. The molecule has 1 aromatic carbocycles. The average molecular weight is 191 g/mol. The van der Waals surface area contributed by atoms with Crippen LogP contribution >= 0.6 is 0 Å². The Kier molecular flexibility index (Phi) is 2.94. The molecule has 0 aliphatic heterocycles. The van der Waals surface area contributed by atoms with Gasteiger partial charge in [-0.15, -0.1) is 0 Å². The standard InChI is InChI=1S/C12H17NO/c1-7(2)12(14)10-5-9(4)11(13)6-8(10)3/h5-7H,13H2,1-4H3. The molecule has 0 unspecified atom stereocenters. The summed E-state index contributed by atoms with van der Waals surface area (Å²) in [4.78, 5) is 11.8. The summed E-state index contributed by atoms with van der Waals surface area (Å²) in [5.74, 6) is 0.224. The molecule has 0 heterocycles. The molecule has 0 aliphatic rings. The van der Waals surface area contributed by atoms with Gasteiger partial charge >= 0.3 is 0 Å². The van der Waals surface area contributed by atoms with Crippen LogP contribution in [0.2, 0.25) is 0 Å². The van der Waals surface area contributed by atoms with Crippen molar-refractivity contribution < 1.29 is 4.79 Å². The Morgan fingerprint density at radius 1 is 1.21 bits per heavy atom. The van der Waals surface area contributed by atoms with E-state index in [9.17, 15) is 4.79 Å². The normalized spacial score (nSPS) is 10.6. The first-order valence-electron chi connectivity index (χ1n) is 4.84. The molecule has 0 saturated carbocycles. The highest BCUT2D eigenvalue weighted by molar-refractivity contribution is 5.99. The number of ketones is 1. The van der Waals surface area contributed by atoms with E-state index in [0.29, 0.717) is 0 Å². The van der Waals surface area contributed by atoms with Crippen molar-refractivity contribution in [1.82, 2.24) is 0 Å². The second kappa shape index (κ2) is 3.82. The van der Waals surface area contributed by atoms with Gasteiger partial charge in [0.15, 0.2) is 5.78 Å². The third-order valence-electron chi connectivity index (χ3n) is 2.40. The number of hydrogen-bond acceptors (Lipinski definition) is 2. The first-order valence-corrected chi connectivity index (χ1v) is 4.84. The SMILES string of the molecule is Cc1cc(C(=O)C(C)C)c(C)cc1N. The Balaban J connectivity index is 3.22. The highest BCUT2D eigenvalue weighted by Gasteiger charge is 2.13. The van der Waals surface area contributed by atoms with E-state index in [1.54, 1.807) is 0 Å². The van der Waals surface area contributed by atoms with Crippen LogP contribution in [0.25, 0.3) is 0 Å². The number of aryl methyl sites for hydroxylation is 2. The van der Waals surface area contributed by atoms with Gasteiger partial charge in [0, 0.05) is 17.2 Å². The number of anilines is 1. The van der Waals surface area contributed by atoms with Crippen molar-refractivity contribution in [2.75, 3.05) is 5.73 Å². The summed E-state index contributed by atoms with van der Waals surface area (Å²) in [5.41, 5.74) is 9.24. The largest absolute Gasteiger partial charge is 0.399 e. The number of nitrogen functional groups attached to an aromatic ring is 1. The zero-order chi connectivity index (χ0) is 10.9. The topological polar surface area (TPSA) is 43.1 Å². The fourth-order valence-corrected chi connectivity index (χ4v) is 1.41. The van der Waals surface area contributed by atoms with Crippen LogP contribution in [0.15, 0.2) is 12.1 Å². The van der Waals surface area contributed by atoms with Crippen LogP contribution < -0.4 is 5.73 Å². The van der Waals surface area contributed by atoms with Gasteiger partial charge in [-0.2, -0.15) is 0 Å². The molecule has 1 aromatic rings. The molecular formula is C12H17NO. The maximum atomic E-state index is 11.8. The minimum absolute atomic E-state index is 0.0386. The van der Waals surface area contributed by atoms with E-state index in [4.69, 9.17) is 5.73 Å². The molecule has 2 nitrogen and oxygen atoms in total. The van der Waals surface area contributed by atoms with Gasteiger partial charge in [-0.25, -0.2) is 0 Å². The third kappa shape index (κ3) is 1.95. The lowest BCUT2D eigenvalue weighted by molar-refractivity contribution is 0.0938. The number of benzene rings is 1. The molecule has 2 N–H and O–H groups in total. The van der Waals surface area contributed by atoms with Gasteiger partial charge in [0.1, 0.15) is 0 Å². The van der Waals surface area contributed by atoms with Crippen LogP contribution in [0.1, 0.15) is 35.3 Å². The van der Waals surface area contributed by atoms with E-state index < -0.39 is 0 Å². The van der Waals surface area contributed by atoms with Gasteiger partial charge in [-0.1, -0.05) is 13.8 Å². The summed E-state index contributed by atoms with van der Waals surface area (Å²) < 4.78 is 0. The molecule has 0 aromatic heterocycles. The van der Waals surface area contributed by atoms with Crippen molar-refractivity contribution in [3.63, 3.8) is 0 Å². The van der Waals surface area contributed by atoms with Crippen LogP contribution in [0, 0.1) is 19.8 Å². The summed E-state index contributed by atoms with van der Waals surface area (Å²) >= 11 is 0. The fraction of sp³-hybridized carbons (Fsp3) is 0.417. The Morgan fingerprint density at radius 2 is 1.79 bits per heavy atom. The van der Waals surface area contributed by atoms with Gasteiger partial charge in [-0.05, 0) is 37.1 Å². The van der Waals surface area contributed by atoms with Crippen LogP contribution in [0.4, 0.5) is 5.69 Å². The zero-order valence-corrected chi connectivity index (χ0v) is 9.22. The molecule has 0 bridgehead atoms. The van der Waals surface area contributed by atoms with Crippen LogP contribution in [-0.4, -0.2) is 5.78 Å². The lowest BCUT2D eigenvalue weighted by Gasteiger charge is -2.10. The second-order valence-electron chi connectivity index (χ2n) is 4.04. The first-order chi connectivity index (χ1) is 6.43. The average Bonchev–Trinajstić information content (AvgIpc) is 2.10. The Labute approximate surface area is 85.1 Å². The number of nitrogens with two attached hydrogens (primary N) is 1. The van der Waals surface area contributed by atoms with Gasteiger partial charge in [0.2, 0.25) is 0 Å². The predicted octanol–water partition coefficient (Wildman–Crippen LogP) is 2.72. The highest BCUT2D eigenvalue weighted by atomic mass is 16.1. The summed E-state index contributed by atoms with van der Waals surface area (Å²) in [5, 5.41) is 0. The van der Waals surface area contributed by atoms with Crippen molar-refractivity contribution in [1.29, 1.82) is 0 Å². The molecule has 0 fully saturated rings. The maximum absolute atomic E-state index is 11.8. The maximum Gasteiger partial charge on any atom is 0.165 e. The highest BCUT2D eigenvalue weighted by Crippen LogP contribution is 2.20. The predicted molar refractivity (Wildman–Crippen MR) is 59.5 cm³/mol. The fourth-order valence-electron chi connectivity index (χ4n) is 1.41. The number of rotatable bonds is 2. The van der Waals surface area contributed by atoms with Crippen LogP contribution in [0.3, 0.4) is 0 Å². The van der Waals surface area contributed by atoms with E-state index >= 15 is 0 Å². The lowest BCUT2D eigenvalue weighted by atomic mass is 9.95. The number of Topliss-reactive ketones (excluding diaryl/α,β-unsaturated/α-hetero) is 1. The quantitative estimate of drug-likeness (QED) is 0.577. The molecule has 0 amide bonds. The van der Waals surface area contributed by atoms with Crippen LogP contribution in [0.5, 0.6) is 0 Å². The van der Waals surface area contributed by atoms with Gasteiger partial charge in [0.05, 0.1) is 0 Å². The Bertz CT molecular complexity index is 367. The third-order valence-corrected chi connectivity index (χ3v) is 2.40. The minimum atomic E-state index is 0.0386. The van der Waals surface area contributed by atoms with Crippen molar-refractivity contribution >= 4 is 11.5 Å². The van der Waals surface area contributed by atoms with Crippen LogP contribution in [-0.2, 0) is 0 Å². The van der Waals surface area contributed by atoms with Crippen molar-refractivity contribution in [3.05, 3.63) is 28.8 Å². The van der Waals surface area contributed by atoms with Gasteiger partial charge < -0.3 is 5.73 Å². The molecule has 0 aliphatic carbocycles. The Morgan fingerprint density at radius 3 is 2.29 bits per heavy atom. The zero-order valence-electron chi connectivity index (χ0n) is 9.22. The van der Waals surface area contributed by atoms with E-state index in [1.165, 1.54) is 0 Å². The lowest BCUT2D eigenvalue weighted by Crippen LogP contribution is -2.10. The molecular weight excluding hydrogens is 174 g/mol. The molecule has 2 heteroatoms. The van der Waals surface area contributed by atoms with Crippen molar-refractivity contribution in [2.24, 2.45) is 5.92 Å². The minimum Gasteiger partial charge on any atom is -0.399 e. The number of hydrogen-bond donors (Lipinski definition) is 1. The monoisotopic (exact) mass is 191 g/mol. The number of carbonyl (C=O) groups is 1. The smallest absolute Gasteiger partial charge is 0.165 e. The van der Waals surface area contributed by atoms with E-state index in [0.717, 1.165) is 22.4 Å². The van der Waals surface area contributed by atoms with Gasteiger partial charge in [-0.3, -0.25) is 4.79 Å². The molecule has 1 rings (SSSR count). The first kappa shape index (κ1) is 10.8. The van der Waals surface area contributed by atoms with Gasteiger partial charge in [0.25, 0.3) is 0 Å². The molecule has 14 heavy (non-hydrogen) atoms. The molecule has 0 radical (unpaired) electrons. The molecule has 0 spiro atoms. The second-order valence-corrected chi connectivity index (χ2v) is 4.04. The van der Waals surface area contributed by atoms with Crippen molar-refractivity contribution in [3.8, 4) is 0 Å². The van der Waals surface area contributed by atoms with E-state index in [1.807, 2.05) is 39.8 Å². The number of carbonyl (C=O) groups excluding carboxylic acids is 1. The molecule has 0 saturated heterocycles. The summed E-state index contributed by atoms with van der Waals surface area (Å²) in [6.07, 6.45) is 0. The Hall–Kier alpha value is -1.31.